The first-order valence-electron chi connectivity index (χ1n) is 9.27. The van der Waals surface area contributed by atoms with Crippen molar-refractivity contribution in [2.24, 2.45) is 0 Å². The standard InChI is InChI=1S/C23H21BrN2O4/c1-16-11-12-21(19(24)13-16)30-15-23(28)26-25-22(27)14-29-20-10-6-5-9-18(20)17-7-3-2-4-8-17/h2-13H,14-15H2,1H3,(H,25,27)(H,26,28). The van der Waals surface area contributed by atoms with E-state index >= 15 is 0 Å². The molecule has 3 aromatic carbocycles. The number of halogens is 1. The number of carbonyl (C=O) groups excluding carboxylic acids is 2. The minimum atomic E-state index is -0.486. The van der Waals surface area contributed by atoms with Gasteiger partial charge < -0.3 is 9.47 Å². The first-order chi connectivity index (χ1) is 14.5. The number of hydrogen-bond donors (Lipinski definition) is 2. The molecule has 0 saturated carbocycles. The maximum atomic E-state index is 12.0. The average molecular weight is 469 g/mol. The smallest absolute Gasteiger partial charge is 0.276 e. The van der Waals surface area contributed by atoms with Crippen LogP contribution in [-0.2, 0) is 9.59 Å². The summed E-state index contributed by atoms with van der Waals surface area (Å²) in [5.74, 6) is 0.156. The molecule has 154 valence electrons. The van der Waals surface area contributed by atoms with Gasteiger partial charge in [0.2, 0.25) is 0 Å². The second kappa shape index (κ2) is 10.5. The van der Waals surface area contributed by atoms with E-state index in [1.165, 1.54) is 0 Å². The molecule has 0 atom stereocenters. The molecule has 2 N–H and O–H groups in total. The summed E-state index contributed by atoms with van der Waals surface area (Å²) in [6, 6.07) is 22.7. The number of hydrazine groups is 1. The summed E-state index contributed by atoms with van der Waals surface area (Å²) in [5.41, 5.74) is 7.56. The maximum Gasteiger partial charge on any atom is 0.276 e. The fraction of sp³-hybridized carbons (Fsp3) is 0.130. The van der Waals surface area contributed by atoms with Gasteiger partial charge in [0, 0.05) is 5.56 Å². The Morgan fingerprint density at radius 3 is 2.07 bits per heavy atom. The second-order valence-electron chi connectivity index (χ2n) is 6.47. The Labute approximate surface area is 183 Å². The van der Waals surface area contributed by atoms with E-state index in [4.69, 9.17) is 9.47 Å². The summed E-state index contributed by atoms with van der Waals surface area (Å²) in [6.45, 7) is 1.48. The van der Waals surface area contributed by atoms with Crippen molar-refractivity contribution in [3.05, 3.63) is 82.8 Å². The number of para-hydroxylation sites is 1. The molecule has 0 saturated heterocycles. The molecule has 0 fully saturated rings. The van der Waals surface area contributed by atoms with Gasteiger partial charge in [0.15, 0.2) is 13.2 Å². The first kappa shape index (κ1) is 21.4. The Morgan fingerprint density at radius 1 is 0.800 bits per heavy atom. The third-order valence-electron chi connectivity index (χ3n) is 4.12. The zero-order valence-electron chi connectivity index (χ0n) is 16.4. The van der Waals surface area contributed by atoms with Gasteiger partial charge in [0.05, 0.1) is 4.47 Å². The molecule has 0 unspecified atom stereocenters. The van der Waals surface area contributed by atoms with Crippen molar-refractivity contribution in [1.82, 2.24) is 10.9 Å². The molecule has 0 spiro atoms. The molecule has 30 heavy (non-hydrogen) atoms. The van der Waals surface area contributed by atoms with Gasteiger partial charge >= 0.3 is 0 Å². The van der Waals surface area contributed by atoms with Gasteiger partial charge in [-0.3, -0.25) is 20.4 Å². The highest BCUT2D eigenvalue weighted by molar-refractivity contribution is 9.10. The summed E-state index contributed by atoms with van der Waals surface area (Å²) < 4.78 is 11.8. The molecule has 0 aliphatic rings. The van der Waals surface area contributed by atoms with Gasteiger partial charge in [-0.05, 0) is 52.2 Å². The van der Waals surface area contributed by atoms with E-state index in [1.54, 1.807) is 12.1 Å². The number of hydrogen-bond acceptors (Lipinski definition) is 4. The Morgan fingerprint density at radius 2 is 1.40 bits per heavy atom. The highest BCUT2D eigenvalue weighted by atomic mass is 79.9. The van der Waals surface area contributed by atoms with Gasteiger partial charge in [0.1, 0.15) is 11.5 Å². The molecule has 0 bridgehead atoms. The molecule has 0 aliphatic heterocycles. The molecule has 3 aromatic rings. The molecular formula is C23H21BrN2O4. The molecule has 6 nitrogen and oxygen atoms in total. The van der Waals surface area contributed by atoms with E-state index in [1.807, 2.05) is 67.6 Å². The van der Waals surface area contributed by atoms with E-state index in [0.717, 1.165) is 21.2 Å². The minimum absolute atomic E-state index is 0.236. The van der Waals surface area contributed by atoms with E-state index in [9.17, 15) is 9.59 Å². The lowest BCUT2D eigenvalue weighted by atomic mass is 10.1. The van der Waals surface area contributed by atoms with Crippen LogP contribution < -0.4 is 20.3 Å². The predicted octanol–water partition coefficient (Wildman–Crippen LogP) is 4.03. The van der Waals surface area contributed by atoms with Gasteiger partial charge in [-0.2, -0.15) is 0 Å². The van der Waals surface area contributed by atoms with Crippen molar-refractivity contribution in [2.45, 2.75) is 6.92 Å². The molecule has 0 heterocycles. The number of aryl methyl sites for hydroxylation is 1. The van der Waals surface area contributed by atoms with Crippen LogP contribution in [0.5, 0.6) is 11.5 Å². The van der Waals surface area contributed by atoms with Crippen LogP contribution >= 0.6 is 15.9 Å². The summed E-state index contributed by atoms with van der Waals surface area (Å²) >= 11 is 3.38. The van der Waals surface area contributed by atoms with Gasteiger partial charge in [-0.15, -0.1) is 0 Å². The van der Waals surface area contributed by atoms with Crippen LogP contribution in [0, 0.1) is 6.92 Å². The quantitative estimate of drug-likeness (QED) is 0.513. The minimum Gasteiger partial charge on any atom is -0.483 e. The van der Waals surface area contributed by atoms with Crippen LogP contribution in [0.15, 0.2) is 77.3 Å². The summed E-state index contributed by atoms with van der Waals surface area (Å²) in [6.07, 6.45) is 0. The van der Waals surface area contributed by atoms with E-state index in [2.05, 4.69) is 26.8 Å². The van der Waals surface area contributed by atoms with Crippen LogP contribution in [0.4, 0.5) is 0 Å². The molecule has 0 aliphatic carbocycles. The summed E-state index contributed by atoms with van der Waals surface area (Å²) in [4.78, 5) is 23.9. The van der Waals surface area contributed by atoms with E-state index < -0.39 is 11.8 Å². The number of rotatable bonds is 7. The molecule has 2 amide bonds. The molecular weight excluding hydrogens is 448 g/mol. The predicted molar refractivity (Wildman–Crippen MR) is 118 cm³/mol. The van der Waals surface area contributed by atoms with Crippen molar-refractivity contribution in [2.75, 3.05) is 13.2 Å². The largest absolute Gasteiger partial charge is 0.483 e. The van der Waals surface area contributed by atoms with Crippen molar-refractivity contribution >= 4 is 27.7 Å². The third-order valence-corrected chi connectivity index (χ3v) is 4.74. The van der Waals surface area contributed by atoms with E-state index in [-0.39, 0.29) is 13.2 Å². The van der Waals surface area contributed by atoms with Crippen LogP contribution in [0.2, 0.25) is 0 Å². The number of carbonyl (C=O) groups is 2. The zero-order valence-corrected chi connectivity index (χ0v) is 17.9. The lowest BCUT2D eigenvalue weighted by molar-refractivity contribution is -0.131. The lowest BCUT2D eigenvalue weighted by Crippen LogP contribution is -2.45. The van der Waals surface area contributed by atoms with Gasteiger partial charge in [0.25, 0.3) is 11.8 Å². The molecule has 0 radical (unpaired) electrons. The van der Waals surface area contributed by atoms with Crippen molar-refractivity contribution in [1.29, 1.82) is 0 Å². The lowest BCUT2D eigenvalue weighted by Gasteiger charge is -2.13. The first-order valence-corrected chi connectivity index (χ1v) is 10.1. The third kappa shape index (κ3) is 6.09. The fourth-order valence-corrected chi connectivity index (χ4v) is 3.28. The van der Waals surface area contributed by atoms with Crippen molar-refractivity contribution in [3.8, 4) is 22.6 Å². The maximum absolute atomic E-state index is 12.0. The zero-order chi connectivity index (χ0) is 21.3. The Kier molecular flexibility index (Phi) is 7.45. The monoisotopic (exact) mass is 468 g/mol. The molecule has 3 rings (SSSR count). The Hall–Kier alpha value is -3.32. The van der Waals surface area contributed by atoms with Crippen LogP contribution in [0.25, 0.3) is 11.1 Å². The number of ether oxygens (including phenoxy) is 2. The topological polar surface area (TPSA) is 76.7 Å². The highest BCUT2D eigenvalue weighted by Crippen LogP contribution is 2.29. The highest BCUT2D eigenvalue weighted by Gasteiger charge is 2.10. The van der Waals surface area contributed by atoms with Crippen LogP contribution in [-0.4, -0.2) is 25.0 Å². The SMILES string of the molecule is Cc1ccc(OCC(=O)NNC(=O)COc2ccccc2-c2ccccc2)c(Br)c1. The van der Waals surface area contributed by atoms with Crippen molar-refractivity contribution < 1.29 is 19.1 Å². The average Bonchev–Trinajstić information content (AvgIpc) is 2.76. The van der Waals surface area contributed by atoms with Crippen LogP contribution in [0.3, 0.4) is 0 Å². The fourth-order valence-electron chi connectivity index (χ4n) is 2.67. The van der Waals surface area contributed by atoms with Gasteiger partial charge in [-0.25, -0.2) is 0 Å². The van der Waals surface area contributed by atoms with Crippen molar-refractivity contribution in [3.63, 3.8) is 0 Å². The summed E-state index contributed by atoms with van der Waals surface area (Å²) in [5, 5.41) is 0. The summed E-state index contributed by atoms with van der Waals surface area (Å²) in [7, 11) is 0. The molecule has 0 aromatic heterocycles. The number of benzene rings is 3. The Bertz CT molecular complexity index is 1020. The van der Waals surface area contributed by atoms with E-state index in [0.29, 0.717) is 11.5 Å². The Balaban J connectivity index is 1.46. The number of nitrogens with one attached hydrogen (secondary N) is 2. The number of amides is 2. The molecule has 7 heteroatoms. The van der Waals surface area contributed by atoms with Crippen LogP contribution in [0.1, 0.15) is 5.56 Å². The van der Waals surface area contributed by atoms with Gasteiger partial charge in [-0.1, -0.05) is 54.6 Å². The normalized spacial score (nSPS) is 10.2. The second-order valence-corrected chi connectivity index (χ2v) is 7.32.